The molecule has 5 heteroatoms. The molecule has 0 atom stereocenters. The van der Waals surface area contributed by atoms with Gasteiger partial charge in [-0.25, -0.2) is 0 Å². The first-order valence-corrected chi connectivity index (χ1v) is 9.97. The van der Waals surface area contributed by atoms with E-state index in [9.17, 15) is 9.59 Å². The van der Waals surface area contributed by atoms with Crippen LogP contribution in [0.2, 0.25) is 0 Å². The zero-order valence-electron chi connectivity index (χ0n) is 15.7. The van der Waals surface area contributed by atoms with E-state index in [0.29, 0.717) is 11.2 Å². The Morgan fingerprint density at radius 1 is 1.07 bits per heavy atom. The van der Waals surface area contributed by atoms with Gasteiger partial charge in [-0.05, 0) is 85.5 Å². The number of amides is 2. The van der Waals surface area contributed by atoms with Gasteiger partial charge in [-0.2, -0.15) is 0 Å². The summed E-state index contributed by atoms with van der Waals surface area (Å²) in [4.78, 5) is 23.0. The van der Waals surface area contributed by atoms with Crippen LogP contribution >= 0.6 is 0 Å². The number of benzene rings is 1. The van der Waals surface area contributed by atoms with E-state index in [0.717, 1.165) is 29.9 Å². The van der Waals surface area contributed by atoms with Crippen LogP contribution in [0.25, 0.3) is 6.08 Å². The van der Waals surface area contributed by atoms with Gasteiger partial charge in [-0.15, -0.1) is 0 Å². The van der Waals surface area contributed by atoms with Crippen LogP contribution in [-0.4, -0.2) is 25.0 Å². The van der Waals surface area contributed by atoms with Gasteiger partial charge in [0.15, 0.2) is 6.61 Å². The van der Waals surface area contributed by atoms with Crippen molar-refractivity contribution in [2.45, 2.75) is 38.5 Å². The summed E-state index contributed by atoms with van der Waals surface area (Å²) >= 11 is 0. The summed E-state index contributed by atoms with van der Waals surface area (Å²) < 4.78 is 5.23. The zero-order chi connectivity index (χ0) is 18.9. The molecule has 0 unspecified atom stereocenters. The standard InChI is InChI=1S/C22H28N2O3/c23-20(25)13-27-19-4-1-15(2-5-19)3-6-21(26)24-14-22-10-16-7-17(11-22)9-18(8-16)12-22/h1-6,16-18H,7-14H2,(H2,23,25)(H,24,26). The number of carbonyl (C=O) groups is 2. The molecule has 0 heterocycles. The first-order valence-electron chi connectivity index (χ1n) is 9.97. The first-order chi connectivity index (χ1) is 13.0. The Morgan fingerprint density at radius 3 is 2.22 bits per heavy atom. The molecule has 3 N–H and O–H groups in total. The predicted octanol–water partition coefficient (Wildman–Crippen LogP) is 2.90. The molecule has 1 aromatic rings. The Morgan fingerprint density at radius 2 is 1.67 bits per heavy atom. The minimum absolute atomic E-state index is 0.0280. The molecule has 4 fully saturated rings. The van der Waals surface area contributed by atoms with Gasteiger partial charge in [0, 0.05) is 12.6 Å². The van der Waals surface area contributed by atoms with Crippen molar-refractivity contribution in [1.82, 2.24) is 5.32 Å². The molecule has 0 aromatic heterocycles. The number of hydrogen-bond donors (Lipinski definition) is 2. The van der Waals surface area contributed by atoms with E-state index < -0.39 is 5.91 Å². The Kier molecular flexibility index (Phi) is 4.94. The molecular weight excluding hydrogens is 340 g/mol. The lowest BCUT2D eigenvalue weighted by Crippen LogP contribution is -2.51. The van der Waals surface area contributed by atoms with E-state index in [2.05, 4.69) is 5.32 Å². The molecule has 4 aliphatic carbocycles. The Bertz CT molecular complexity index is 703. The fraction of sp³-hybridized carbons (Fsp3) is 0.545. The molecule has 4 aliphatic rings. The molecule has 27 heavy (non-hydrogen) atoms. The van der Waals surface area contributed by atoms with E-state index in [-0.39, 0.29) is 12.5 Å². The average molecular weight is 368 g/mol. The van der Waals surface area contributed by atoms with Crippen LogP contribution in [0, 0.1) is 23.2 Å². The van der Waals surface area contributed by atoms with Crippen LogP contribution in [0.1, 0.15) is 44.1 Å². The van der Waals surface area contributed by atoms with Gasteiger partial charge >= 0.3 is 0 Å². The maximum atomic E-state index is 12.3. The number of rotatable bonds is 7. The number of nitrogens with two attached hydrogens (primary N) is 1. The summed E-state index contributed by atoms with van der Waals surface area (Å²) in [7, 11) is 0. The number of carbonyl (C=O) groups excluding carboxylic acids is 2. The van der Waals surface area contributed by atoms with Crippen LogP contribution in [0.4, 0.5) is 0 Å². The lowest BCUT2D eigenvalue weighted by atomic mass is 9.49. The van der Waals surface area contributed by atoms with E-state index in [1.807, 2.05) is 12.1 Å². The van der Waals surface area contributed by atoms with Crippen molar-refractivity contribution in [2.24, 2.45) is 28.9 Å². The molecule has 0 aliphatic heterocycles. The van der Waals surface area contributed by atoms with Crippen molar-refractivity contribution < 1.29 is 14.3 Å². The summed E-state index contributed by atoms with van der Waals surface area (Å²) in [6, 6.07) is 7.21. The molecule has 0 spiro atoms. The van der Waals surface area contributed by atoms with E-state index in [1.54, 1.807) is 24.3 Å². The highest BCUT2D eigenvalue weighted by molar-refractivity contribution is 5.91. The Hall–Kier alpha value is -2.30. The topological polar surface area (TPSA) is 81.4 Å². The molecule has 144 valence electrons. The van der Waals surface area contributed by atoms with Gasteiger partial charge < -0.3 is 15.8 Å². The van der Waals surface area contributed by atoms with Gasteiger partial charge in [0.1, 0.15) is 5.75 Å². The average Bonchev–Trinajstić information content (AvgIpc) is 2.63. The lowest BCUT2D eigenvalue weighted by Gasteiger charge is -2.56. The third-order valence-corrected chi connectivity index (χ3v) is 6.49. The van der Waals surface area contributed by atoms with Crippen molar-refractivity contribution in [1.29, 1.82) is 0 Å². The fourth-order valence-corrected chi connectivity index (χ4v) is 5.84. The van der Waals surface area contributed by atoms with Crippen molar-refractivity contribution in [3.63, 3.8) is 0 Å². The second-order valence-electron chi connectivity index (χ2n) is 8.79. The second kappa shape index (κ2) is 7.37. The van der Waals surface area contributed by atoms with Crippen LogP contribution in [-0.2, 0) is 9.59 Å². The number of nitrogens with one attached hydrogen (secondary N) is 1. The van der Waals surface area contributed by atoms with Gasteiger partial charge in [-0.1, -0.05) is 12.1 Å². The quantitative estimate of drug-likeness (QED) is 0.726. The highest BCUT2D eigenvalue weighted by Gasteiger charge is 2.50. The van der Waals surface area contributed by atoms with Crippen LogP contribution in [0.15, 0.2) is 30.3 Å². The largest absolute Gasteiger partial charge is 0.484 e. The molecule has 5 rings (SSSR count). The Labute approximate surface area is 160 Å². The zero-order valence-corrected chi connectivity index (χ0v) is 15.7. The number of ether oxygens (including phenoxy) is 1. The first kappa shape index (κ1) is 18.1. The van der Waals surface area contributed by atoms with Crippen LogP contribution in [0.3, 0.4) is 0 Å². The molecule has 0 saturated heterocycles. The van der Waals surface area contributed by atoms with Crippen molar-refractivity contribution >= 4 is 17.9 Å². The van der Waals surface area contributed by atoms with Gasteiger partial charge in [0.2, 0.25) is 5.91 Å². The molecule has 0 radical (unpaired) electrons. The predicted molar refractivity (Wildman–Crippen MR) is 104 cm³/mol. The Balaban J connectivity index is 1.27. The van der Waals surface area contributed by atoms with E-state index >= 15 is 0 Å². The molecule has 4 saturated carbocycles. The lowest BCUT2D eigenvalue weighted by molar-refractivity contribution is -0.120. The minimum Gasteiger partial charge on any atom is -0.484 e. The highest BCUT2D eigenvalue weighted by Crippen LogP contribution is 2.59. The molecule has 2 amide bonds. The third-order valence-electron chi connectivity index (χ3n) is 6.49. The monoisotopic (exact) mass is 368 g/mol. The van der Waals surface area contributed by atoms with Crippen LogP contribution in [0.5, 0.6) is 5.75 Å². The van der Waals surface area contributed by atoms with Gasteiger partial charge in [-0.3, -0.25) is 9.59 Å². The normalized spacial score (nSPS) is 31.2. The summed E-state index contributed by atoms with van der Waals surface area (Å²) in [5.74, 6) is 2.75. The summed E-state index contributed by atoms with van der Waals surface area (Å²) in [6.45, 7) is 0.682. The van der Waals surface area contributed by atoms with Crippen molar-refractivity contribution in [3.05, 3.63) is 35.9 Å². The third kappa shape index (κ3) is 4.34. The maximum Gasteiger partial charge on any atom is 0.255 e. The van der Waals surface area contributed by atoms with Crippen LogP contribution < -0.4 is 15.8 Å². The minimum atomic E-state index is -0.505. The van der Waals surface area contributed by atoms with Crippen molar-refractivity contribution in [2.75, 3.05) is 13.2 Å². The van der Waals surface area contributed by atoms with E-state index in [1.165, 1.54) is 38.5 Å². The highest BCUT2D eigenvalue weighted by atomic mass is 16.5. The SMILES string of the molecule is NC(=O)COc1ccc(C=CC(=O)NCC23CC4CC(CC(C4)C2)C3)cc1. The maximum absolute atomic E-state index is 12.3. The second-order valence-corrected chi connectivity index (χ2v) is 8.79. The van der Waals surface area contributed by atoms with Crippen molar-refractivity contribution in [3.8, 4) is 5.75 Å². The van der Waals surface area contributed by atoms with E-state index in [4.69, 9.17) is 10.5 Å². The summed E-state index contributed by atoms with van der Waals surface area (Å²) in [5, 5.41) is 3.15. The van der Waals surface area contributed by atoms with Gasteiger partial charge in [0.25, 0.3) is 5.91 Å². The molecule has 1 aromatic carbocycles. The molecule has 5 nitrogen and oxygen atoms in total. The smallest absolute Gasteiger partial charge is 0.255 e. The van der Waals surface area contributed by atoms with Gasteiger partial charge in [0.05, 0.1) is 0 Å². The molecular formula is C22H28N2O3. The number of hydrogen-bond acceptors (Lipinski definition) is 3. The molecule has 4 bridgehead atoms. The fourth-order valence-electron chi connectivity index (χ4n) is 5.84. The number of primary amides is 1. The summed E-state index contributed by atoms with van der Waals surface area (Å²) in [5.41, 5.74) is 6.32. The summed E-state index contributed by atoms with van der Waals surface area (Å²) in [6.07, 6.45) is 11.6.